The minimum absolute atomic E-state index is 0.509. The number of allylic oxidation sites excluding steroid dienone is 3. The number of rotatable bonds is 10. The van der Waals surface area contributed by atoms with Gasteiger partial charge in [0.15, 0.2) is 0 Å². The smallest absolute Gasteiger partial charge is 0.145 e. The number of hydrogen-bond donors (Lipinski definition) is 0. The standard InChI is InChI=1S/C15H26O/c1-4-7-10-14(9-6-3)12-15(13-16)11-8-5-2/h6,12-14H,3-5,7-11H2,1-2H3. The van der Waals surface area contributed by atoms with Crippen molar-refractivity contribution in [1.82, 2.24) is 0 Å². The van der Waals surface area contributed by atoms with Crippen LogP contribution in [0.15, 0.2) is 24.3 Å². The molecule has 1 atom stereocenters. The molecule has 1 unspecified atom stereocenters. The van der Waals surface area contributed by atoms with Gasteiger partial charge in [-0.3, -0.25) is 4.79 Å². The van der Waals surface area contributed by atoms with E-state index in [0.29, 0.717) is 5.92 Å². The molecule has 0 spiro atoms. The van der Waals surface area contributed by atoms with Crippen molar-refractivity contribution in [3.63, 3.8) is 0 Å². The third-order valence-corrected chi connectivity index (χ3v) is 2.82. The fourth-order valence-electron chi connectivity index (χ4n) is 1.81. The average molecular weight is 222 g/mol. The molecule has 0 rings (SSSR count). The molecule has 0 radical (unpaired) electrons. The maximum Gasteiger partial charge on any atom is 0.145 e. The van der Waals surface area contributed by atoms with E-state index in [1.807, 2.05) is 6.08 Å². The van der Waals surface area contributed by atoms with Gasteiger partial charge in [0.2, 0.25) is 0 Å². The molecule has 0 aromatic heterocycles. The normalized spacial score (nSPS) is 13.5. The zero-order valence-corrected chi connectivity index (χ0v) is 10.9. The quantitative estimate of drug-likeness (QED) is 0.298. The zero-order chi connectivity index (χ0) is 12.2. The molecule has 16 heavy (non-hydrogen) atoms. The van der Waals surface area contributed by atoms with Crippen LogP contribution in [0.3, 0.4) is 0 Å². The molecule has 1 nitrogen and oxygen atoms in total. The summed E-state index contributed by atoms with van der Waals surface area (Å²) in [6.07, 6.45) is 12.9. The van der Waals surface area contributed by atoms with Crippen LogP contribution in [0.4, 0.5) is 0 Å². The second kappa shape index (κ2) is 10.7. The molecule has 0 saturated heterocycles. The van der Waals surface area contributed by atoms with Gasteiger partial charge < -0.3 is 0 Å². The van der Waals surface area contributed by atoms with Gasteiger partial charge in [-0.1, -0.05) is 45.3 Å². The Morgan fingerprint density at radius 1 is 1.25 bits per heavy atom. The van der Waals surface area contributed by atoms with Crippen LogP contribution >= 0.6 is 0 Å². The Bertz CT molecular complexity index is 215. The number of hydrogen-bond acceptors (Lipinski definition) is 1. The van der Waals surface area contributed by atoms with Crippen LogP contribution in [0.5, 0.6) is 0 Å². The number of carbonyl (C=O) groups excluding carboxylic acids is 1. The fourth-order valence-corrected chi connectivity index (χ4v) is 1.81. The fraction of sp³-hybridized carbons (Fsp3) is 0.667. The molecular formula is C15H26O. The van der Waals surface area contributed by atoms with Gasteiger partial charge in [-0.15, -0.1) is 6.58 Å². The highest BCUT2D eigenvalue weighted by molar-refractivity contribution is 5.73. The lowest BCUT2D eigenvalue weighted by atomic mass is 9.94. The summed E-state index contributed by atoms with van der Waals surface area (Å²) in [5, 5.41) is 0. The molecular weight excluding hydrogens is 196 g/mol. The van der Waals surface area contributed by atoms with Crippen LogP contribution in [0, 0.1) is 5.92 Å². The van der Waals surface area contributed by atoms with E-state index in [0.717, 1.165) is 37.5 Å². The van der Waals surface area contributed by atoms with Gasteiger partial charge >= 0.3 is 0 Å². The Kier molecular flexibility index (Phi) is 10.1. The maximum atomic E-state index is 10.9. The first-order chi connectivity index (χ1) is 7.78. The molecule has 0 saturated carbocycles. The van der Waals surface area contributed by atoms with Crippen LogP contribution in [-0.2, 0) is 4.79 Å². The van der Waals surface area contributed by atoms with Crippen LogP contribution in [-0.4, -0.2) is 6.29 Å². The van der Waals surface area contributed by atoms with Crippen LogP contribution < -0.4 is 0 Å². The third-order valence-electron chi connectivity index (χ3n) is 2.82. The topological polar surface area (TPSA) is 17.1 Å². The second-order valence-electron chi connectivity index (χ2n) is 4.39. The van der Waals surface area contributed by atoms with Crippen LogP contribution in [0.2, 0.25) is 0 Å². The Morgan fingerprint density at radius 3 is 2.44 bits per heavy atom. The maximum absolute atomic E-state index is 10.9. The van der Waals surface area contributed by atoms with Crippen LogP contribution in [0.25, 0.3) is 0 Å². The van der Waals surface area contributed by atoms with Crippen molar-refractivity contribution < 1.29 is 4.79 Å². The van der Waals surface area contributed by atoms with Crippen molar-refractivity contribution >= 4 is 6.29 Å². The summed E-state index contributed by atoms with van der Waals surface area (Å²) >= 11 is 0. The molecule has 0 aliphatic rings. The molecule has 0 heterocycles. The molecule has 0 N–H and O–H groups in total. The lowest BCUT2D eigenvalue weighted by Crippen LogP contribution is -1.98. The first kappa shape index (κ1) is 15.2. The van der Waals surface area contributed by atoms with Gasteiger partial charge in [-0.2, -0.15) is 0 Å². The Morgan fingerprint density at radius 2 is 1.94 bits per heavy atom. The van der Waals surface area contributed by atoms with Crippen molar-refractivity contribution in [1.29, 1.82) is 0 Å². The summed E-state index contributed by atoms with van der Waals surface area (Å²) in [5.41, 5.74) is 0.977. The highest BCUT2D eigenvalue weighted by atomic mass is 16.1. The third kappa shape index (κ3) is 7.44. The Balaban J connectivity index is 4.31. The van der Waals surface area contributed by atoms with Crippen molar-refractivity contribution in [3.8, 4) is 0 Å². The number of carbonyl (C=O) groups is 1. The molecule has 0 bridgehead atoms. The minimum atomic E-state index is 0.509. The predicted molar refractivity (Wildman–Crippen MR) is 71.5 cm³/mol. The van der Waals surface area contributed by atoms with Crippen LogP contribution in [0.1, 0.15) is 58.8 Å². The molecule has 92 valence electrons. The monoisotopic (exact) mass is 222 g/mol. The molecule has 0 fully saturated rings. The van der Waals surface area contributed by atoms with E-state index in [2.05, 4.69) is 26.5 Å². The van der Waals surface area contributed by atoms with E-state index in [4.69, 9.17) is 0 Å². The van der Waals surface area contributed by atoms with E-state index >= 15 is 0 Å². The Labute approximate surface area is 101 Å². The van der Waals surface area contributed by atoms with Gasteiger partial charge in [-0.25, -0.2) is 0 Å². The van der Waals surface area contributed by atoms with Gasteiger partial charge in [0.05, 0.1) is 0 Å². The Hall–Kier alpha value is -0.850. The van der Waals surface area contributed by atoms with Crippen molar-refractivity contribution in [2.75, 3.05) is 0 Å². The second-order valence-corrected chi connectivity index (χ2v) is 4.39. The highest BCUT2D eigenvalue weighted by Crippen LogP contribution is 2.18. The van der Waals surface area contributed by atoms with E-state index in [-0.39, 0.29) is 0 Å². The molecule has 1 heteroatoms. The number of aldehydes is 1. The van der Waals surface area contributed by atoms with Gasteiger partial charge in [0.25, 0.3) is 0 Å². The lowest BCUT2D eigenvalue weighted by molar-refractivity contribution is -0.105. The zero-order valence-electron chi connectivity index (χ0n) is 10.9. The van der Waals surface area contributed by atoms with E-state index in [9.17, 15) is 4.79 Å². The molecule has 0 aliphatic carbocycles. The summed E-state index contributed by atoms with van der Waals surface area (Å²) in [7, 11) is 0. The molecule has 0 aromatic carbocycles. The minimum Gasteiger partial charge on any atom is -0.298 e. The molecule has 0 amide bonds. The largest absolute Gasteiger partial charge is 0.298 e. The first-order valence-corrected chi connectivity index (χ1v) is 6.55. The van der Waals surface area contributed by atoms with Crippen molar-refractivity contribution in [3.05, 3.63) is 24.3 Å². The van der Waals surface area contributed by atoms with E-state index < -0.39 is 0 Å². The predicted octanol–water partition coefficient (Wildman–Crippen LogP) is 4.68. The van der Waals surface area contributed by atoms with E-state index in [1.54, 1.807) is 0 Å². The van der Waals surface area contributed by atoms with Crippen molar-refractivity contribution in [2.45, 2.75) is 58.8 Å². The number of unbranched alkanes of at least 4 members (excludes halogenated alkanes) is 2. The van der Waals surface area contributed by atoms with E-state index in [1.165, 1.54) is 19.3 Å². The van der Waals surface area contributed by atoms with Gasteiger partial charge in [0, 0.05) is 0 Å². The summed E-state index contributed by atoms with van der Waals surface area (Å²) in [6.45, 7) is 8.14. The van der Waals surface area contributed by atoms with Gasteiger partial charge in [0.1, 0.15) is 6.29 Å². The summed E-state index contributed by atoms with van der Waals surface area (Å²) in [5.74, 6) is 0.509. The average Bonchev–Trinajstić information content (AvgIpc) is 2.31. The highest BCUT2D eigenvalue weighted by Gasteiger charge is 2.05. The summed E-state index contributed by atoms with van der Waals surface area (Å²) in [6, 6.07) is 0. The SMILES string of the molecule is C=CCC(C=C(C=O)CCCC)CCCC. The molecule has 0 aromatic rings. The summed E-state index contributed by atoms with van der Waals surface area (Å²) in [4.78, 5) is 10.9. The molecule has 0 aliphatic heterocycles. The van der Waals surface area contributed by atoms with Crippen molar-refractivity contribution in [2.24, 2.45) is 5.92 Å². The summed E-state index contributed by atoms with van der Waals surface area (Å²) < 4.78 is 0. The first-order valence-electron chi connectivity index (χ1n) is 6.55. The lowest BCUT2D eigenvalue weighted by Gasteiger charge is -2.11. The van der Waals surface area contributed by atoms with Gasteiger partial charge in [-0.05, 0) is 37.2 Å².